The van der Waals surface area contributed by atoms with Gasteiger partial charge in [-0.05, 0) is 56.0 Å². The summed E-state index contributed by atoms with van der Waals surface area (Å²) in [5.74, 6) is -0.439. The second kappa shape index (κ2) is 10.8. The van der Waals surface area contributed by atoms with Crippen LogP contribution in [0, 0.1) is 5.82 Å². The van der Waals surface area contributed by atoms with E-state index in [4.69, 9.17) is 9.72 Å². The second-order valence-electron chi connectivity index (χ2n) is 9.40. The van der Waals surface area contributed by atoms with Crippen LogP contribution in [0.1, 0.15) is 37.1 Å². The fraction of sp³-hybridized carbons (Fsp3) is 0.333. The van der Waals surface area contributed by atoms with Gasteiger partial charge in [-0.25, -0.2) is 14.1 Å². The zero-order valence-electron chi connectivity index (χ0n) is 20.9. The molecule has 3 heterocycles. The highest BCUT2D eigenvalue weighted by atomic mass is 19.1. The third-order valence-corrected chi connectivity index (χ3v) is 6.96. The minimum Gasteiger partial charge on any atom is -0.468 e. The van der Waals surface area contributed by atoms with Gasteiger partial charge in [-0.1, -0.05) is 0 Å². The zero-order chi connectivity index (χ0) is 26.7. The summed E-state index contributed by atoms with van der Waals surface area (Å²) in [5.41, 5.74) is 2.09. The summed E-state index contributed by atoms with van der Waals surface area (Å²) in [6.45, 7) is -0.159. The van der Waals surface area contributed by atoms with Crippen LogP contribution >= 0.6 is 0 Å². The molecule has 5 rings (SSSR count). The lowest BCUT2D eigenvalue weighted by Gasteiger charge is -2.39. The van der Waals surface area contributed by atoms with Crippen molar-refractivity contribution in [1.82, 2.24) is 25.1 Å². The lowest BCUT2D eigenvalue weighted by atomic mass is 9.77. The number of aromatic nitrogens is 4. The third-order valence-electron chi connectivity index (χ3n) is 6.96. The smallest absolute Gasteiger partial charge is 0.319 e. The molecule has 1 saturated carbocycles. The van der Waals surface area contributed by atoms with Gasteiger partial charge in [0.05, 0.1) is 60.2 Å². The second-order valence-corrected chi connectivity index (χ2v) is 9.40. The predicted octanol–water partition coefficient (Wildman–Crippen LogP) is 3.08. The lowest BCUT2D eigenvalue weighted by Crippen LogP contribution is -2.48. The number of methoxy groups -OCH3 is 1. The van der Waals surface area contributed by atoms with Gasteiger partial charge in [-0.15, -0.1) is 0 Å². The summed E-state index contributed by atoms with van der Waals surface area (Å²) >= 11 is 0. The van der Waals surface area contributed by atoms with Crippen LogP contribution in [-0.2, 0) is 21.7 Å². The van der Waals surface area contributed by atoms with E-state index in [0.717, 1.165) is 11.1 Å². The average molecular weight is 521 g/mol. The number of ether oxygens (including phenoxy) is 1. The van der Waals surface area contributed by atoms with E-state index in [1.54, 1.807) is 36.7 Å². The molecule has 1 fully saturated rings. The van der Waals surface area contributed by atoms with Crippen molar-refractivity contribution in [1.29, 1.82) is 0 Å². The summed E-state index contributed by atoms with van der Waals surface area (Å²) in [6, 6.07) is 11.9. The fourth-order valence-electron chi connectivity index (χ4n) is 4.76. The molecule has 38 heavy (non-hydrogen) atoms. The Labute approximate surface area is 218 Å². The van der Waals surface area contributed by atoms with E-state index < -0.39 is 11.4 Å². The van der Waals surface area contributed by atoms with Gasteiger partial charge in [0.25, 0.3) is 0 Å². The van der Waals surface area contributed by atoms with Crippen LogP contribution in [0.25, 0.3) is 16.6 Å². The van der Waals surface area contributed by atoms with Crippen LogP contribution in [0.5, 0.6) is 0 Å². The van der Waals surface area contributed by atoms with E-state index in [0.29, 0.717) is 48.4 Å². The van der Waals surface area contributed by atoms with Crippen molar-refractivity contribution < 1.29 is 24.1 Å². The Bertz CT molecular complexity index is 1450. The maximum Gasteiger partial charge on any atom is 0.319 e. The Morgan fingerprint density at radius 2 is 2.03 bits per heavy atom. The summed E-state index contributed by atoms with van der Waals surface area (Å²) in [6.07, 6.45) is 5.36. The van der Waals surface area contributed by atoms with E-state index in [1.165, 1.54) is 17.9 Å². The Kier molecular flexibility index (Phi) is 7.32. The molecule has 1 aliphatic rings. The van der Waals surface area contributed by atoms with Crippen molar-refractivity contribution in [2.75, 3.05) is 19.0 Å². The van der Waals surface area contributed by atoms with Crippen LogP contribution in [0.2, 0.25) is 0 Å². The number of anilines is 2. The van der Waals surface area contributed by atoms with Crippen LogP contribution in [0.4, 0.5) is 15.9 Å². The minimum atomic E-state index is -0.581. The molecule has 4 aromatic rings. The standard InChI is InChI=1S/C27H29FN6O4/c1-38-26(37)15-30-27(9-6-20(36)7-10-27)24-5-2-17-14-29-25(13-23(17)31-24)32-22-4-3-19(12-21(22)28)34-11-8-18(16-35)33-34/h2-5,8,11-14,20,30,35-36H,6-7,9-10,15-16H2,1H3,(H,29,32). The van der Waals surface area contributed by atoms with Crippen molar-refractivity contribution in [3.05, 3.63) is 72.1 Å². The molecule has 198 valence electrons. The van der Waals surface area contributed by atoms with Gasteiger partial charge in [0.1, 0.15) is 11.6 Å². The number of rotatable bonds is 8. The molecule has 0 amide bonds. The number of pyridine rings is 2. The van der Waals surface area contributed by atoms with Crippen LogP contribution < -0.4 is 10.6 Å². The molecule has 0 unspecified atom stereocenters. The highest BCUT2D eigenvalue weighted by molar-refractivity contribution is 5.81. The number of halogens is 1. The van der Waals surface area contributed by atoms with Crippen molar-refractivity contribution in [2.45, 2.75) is 43.9 Å². The SMILES string of the molecule is COC(=O)CNC1(c2ccc3cnc(Nc4ccc(-n5ccc(CO)n5)cc4F)cc3n2)CCC(O)CC1. The van der Waals surface area contributed by atoms with Crippen LogP contribution in [0.3, 0.4) is 0 Å². The Morgan fingerprint density at radius 3 is 2.74 bits per heavy atom. The van der Waals surface area contributed by atoms with Gasteiger partial charge in [-0.3, -0.25) is 15.1 Å². The van der Waals surface area contributed by atoms with Crippen molar-refractivity contribution in [3.63, 3.8) is 0 Å². The monoisotopic (exact) mass is 520 g/mol. The largest absolute Gasteiger partial charge is 0.468 e. The predicted molar refractivity (Wildman–Crippen MR) is 138 cm³/mol. The first-order chi connectivity index (χ1) is 18.4. The average Bonchev–Trinajstić information content (AvgIpc) is 3.43. The number of carbonyl (C=O) groups excluding carboxylic acids is 1. The Balaban J connectivity index is 1.41. The number of aliphatic hydroxyl groups excluding tert-OH is 2. The summed E-state index contributed by atoms with van der Waals surface area (Å²) in [7, 11) is 1.35. The molecule has 0 spiro atoms. The Hall–Kier alpha value is -3.93. The minimum absolute atomic E-state index is 0.0323. The number of aliphatic hydroxyl groups is 2. The summed E-state index contributed by atoms with van der Waals surface area (Å²) in [5, 5.41) is 30.6. The van der Waals surface area contributed by atoms with Crippen LogP contribution in [-0.4, -0.2) is 55.7 Å². The number of carbonyl (C=O) groups is 1. The zero-order valence-corrected chi connectivity index (χ0v) is 20.9. The first-order valence-electron chi connectivity index (χ1n) is 12.4. The van der Waals surface area contributed by atoms with Crippen molar-refractivity contribution in [2.24, 2.45) is 0 Å². The molecule has 0 aliphatic heterocycles. The molecule has 0 saturated heterocycles. The molecule has 0 bridgehead atoms. The first-order valence-corrected chi connectivity index (χ1v) is 12.4. The number of hydrogen-bond acceptors (Lipinski definition) is 9. The van der Waals surface area contributed by atoms with E-state index in [9.17, 15) is 19.4 Å². The van der Waals surface area contributed by atoms with Gasteiger partial charge >= 0.3 is 5.97 Å². The molecule has 0 radical (unpaired) electrons. The normalized spacial score (nSPS) is 19.4. The molecule has 11 heteroatoms. The van der Waals surface area contributed by atoms with Gasteiger partial charge in [0, 0.05) is 29.9 Å². The highest BCUT2D eigenvalue weighted by Crippen LogP contribution is 2.37. The molecule has 4 N–H and O–H groups in total. The van der Waals surface area contributed by atoms with Gasteiger partial charge in [0.15, 0.2) is 0 Å². The first kappa shape index (κ1) is 25.7. The highest BCUT2D eigenvalue weighted by Gasteiger charge is 2.38. The fourth-order valence-corrected chi connectivity index (χ4v) is 4.76. The maximum absolute atomic E-state index is 14.9. The molecule has 10 nitrogen and oxygen atoms in total. The topological polar surface area (TPSA) is 134 Å². The molecule has 1 aliphatic carbocycles. The number of nitrogens with zero attached hydrogens (tertiary/aromatic N) is 4. The summed E-state index contributed by atoms with van der Waals surface area (Å²) < 4.78 is 21.2. The molecular formula is C27H29FN6O4. The number of hydrogen-bond donors (Lipinski definition) is 4. The number of nitrogens with one attached hydrogen (secondary N) is 2. The van der Waals surface area contributed by atoms with E-state index >= 15 is 0 Å². The van der Waals surface area contributed by atoms with Gasteiger partial charge in [-0.2, -0.15) is 5.10 Å². The quantitative estimate of drug-likeness (QED) is 0.259. The number of fused-ring (bicyclic) bond motifs is 1. The van der Waals surface area contributed by atoms with Gasteiger partial charge < -0.3 is 20.3 Å². The summed E-state index contributed by atoms with van der Waals surface area (Å²) in [4.78, 5) is 21.1. The molecule has 0 atom stereocenters. The van der Waals surface area contributed by atoms with E-state index in [-0.39, 0.29) is 30.9 Å². The lowest BCUT2D eigenvalue weighted by molar-refractivity contribution is -0.140. The molecule has 1 aromatic carbocycles. The molecule has 3 aromatic heterocycles. The molecular weight excluding hydrogens is 491 g/mol. The van der Waals surface area contributed by atoms with E-state index in [1.807, 2.05) is 12.1 Å². The number of benzene rings is 1. The van der Waals surface area contributed by atoms with E-state index in [2.05, 4.69) is 20.7 Å². The maximum atomic E-state index is 14.9. The van der Waals surface area contributed by atoms with Crippen LogP contribution in [0.15, 0.2) is 54.9 Å². The van der Waals surface area contributed by atoms with Crippen molar-refractivity contribution in [3.8, 4) is 5.69 Å². The Morgan fingerprint density at radius 1 is 1.21 bits per heavy atom. The van der Waals surface area contributed by atoms with Gasteiger partial charge in [0.2, 0.25) is 0 Å². The third kappa shape index (κ3) is 5.35. The number of esters is 1. The van der Waals surface area contributed by atoms with Crippen molar-refractivity contribution >= 4 is 28.4 Å².